The number of aromatic nitrogens is 2. The molecular weight excluding hydrogens is 148 g/mol. The average molecular weight is 156 g/mol. The first-order valence-corrected chi connectivity index (χ1v) is 3.21. The first-order chi connectivity index (χ1) is 4.88. The Morgan fingerprint density at radius 2 is 2.40 bits per heavy atom. The molecule has 10 heavy (non-hydrogen) atoms. The summed E-state index contributed by atoms with van der Waals surface area (Å²) in [5.41, 5.74) is 0.772. The van der Waals surface area contributed by atoms with Gasteiger partial charge in [0.25, 0.3) is 0 Å². The Hall–Kier alpha value is -0.970. The smallest absolute Gasteiger partial charge is 0.153 e. The fraction of sp³-hybridized carbons (Fsp3) is 0.200. The van der Waals surface area contributed by atoms with Gasteiger partial charge in [0.2, 0.25) is 0 Å². The van der Waals surface area contributed by atoms with Crippen LogP contribution < -0.4 is 10.0 Å². The summed E-state index contributed by atoms with van der Waals surface area (Å²) in [6.45, 7) is 0. The van der Waals surface area contributed by atoms with E-state index in [1.165, 1.54) is 6.33 Å². The fourth-order valence-corrected chi connectivity index (χ4v) is 0.774. The molecule has 0 atom stereocenters. The molecule has 0 aliphatic carbocycles. The Labute approximate surface area is 64.6 Å². The van der Waals surface area contributed by atoms with Crippen LogP contribution in [0.3, 0.4) is 0 Å². The van der Waals surface area contributed by atoms with Crippen molar-refractivity contribution in [1.82, 2.24) is 9.97 Å². The highest BCUT2D eigenvalue weighted by molar-refractivity contribution is 7.81. The predicted molar refractivity (Wildman–Crippen MR) is 44.2 cm³/mol. The Balaban J connectivity index is 2.96. The van der Waals surface area contributed by atoms with E-state index in [2.05, 4.69) is 32.8 Å². The molecule has 0 radical (unpaired) electrons. The molecule has 1 aromatic rings. The maximum absolute atomic E-state index is 3.93. The molecule has 0 saturated heterocycles. The molecule has 4 nitrogen and oxygen atoms in total. The van der Waals surface area contributed by atoms with Crippen molar-refractivity contribution in [1.29, 1.82) is 0 Å². The Morgan fingerprint density at radius 3 is 2.90 bits per heavy atom. The molecule has 0 aliphatic rings. The van der Waals surface area contributed by atoms with E-state index in [-0.39, 0.29) is 0 Å². The number of rotatable bonds is 2. The quantitative estimate of drug-likeness (QED) is 0.554. The lowest BCUT2D eigenvalue weighted by Crippen LogP contribution is -1.96. The molecule has 0 fully saturated rings. The van der Waals surface area contributed by atoms with E-state index >= 15 is 0 Å². The molecule has 0 aliphatic heterocycles. The second kappa shape index (κ2) is 3.26. The van der Waals surface area contributed by atoms with Crippen molar-refractivity contribution in [3.05, 3.63) is 12.5 Å². The van der Waals surface area contributed by atoms with Gasteiger partial charge in [0.1, 0.15) is 12.0 Å². The van der Waals surface area contributed by atoms with Crippen molar-refractivity contribution in [3.63, 3.8) is 0 Å². The first-order valence-electron chi connectivity index (χ1n) is 2.76. The third kappa shape index (κ3) is 1.30. The molecule has 0 amide bonds. The van der Waals surface area contributed by atoms with E-state index in [4.69, 9.17) is 0 Å². The largest absolute Gasteiger partial charge is 0.371 e. The minimum absolute atomic E-state index is 0.741. The number of nitrogens with zero attached hydrogens (tertiary/aromatic N) is 2. The van der Waals surface area contributed by atoms with Gasteiger partial charge in [0.15, 0.2) is 5.82 Å². The van der Waals surface area contributed by atoms with Gasteiger partial charge in [-0.3, -0.25) is 0 Å². The van der Waals surface area contributed by atoms with Crippen LogP contribution >= 0.6 is 12.8 Å². The second-order valence-corrected chi connectivity index (χ2v) is 1.87. The van der Waals surface area contributed by atoms with Crippen molar-refractivity contribution < 1.29 is 0 Å². The molecule has 5 heteroatoms. The van der Waals surface area contributed by atoms with E-state index < -0.39 is 0 Å². The molecule has 0 spiro atoms. The minimum atomic E-state index is 0.741. The van der Waals surface area contributed by atoms with Gasteiger partial charge in [-0.2, -0.15) is 0 Å². The van der Waals surface area contributed by atoms with Crippen molar-refractivity contribution in [2.45, 2.75) is 0 Å². The summed E-state index contributed by atoms with van der Waals surface area (Å²) in [4.78, 5) is 7.74. The van der Waals surface area contributed by atoms with Crippen LogP contribution in [0.4, 0.5) is 11.5 Å². The molecule has 0 bridgehead atoms. The molecule has 1 heterocycles. The zero-order chi connectivity index (χ0) is 7.40. The average Bonchev–Trinajstić information content (AvgIpc) is 2.04. The van der Waals surface area contributed by atoms with Crippen molar-refractivity contribution >= 4 is 24.3 Å². The molecular formula is C5H8N4S. The number of nitrogens with one attached hydrogen (secondary N) is 2. The lowest BCUT2D eigenvalue weighted by molar-refractivity contribution is 1.16. The topological polar surface area (TPSA) is 49.8 Å². The van der Waals surface area contributed by atoms with Crippen LogP contribution in [0, 0.1) is 0 Å². The van der Waals surface area contributed by atoms with E-state index in [1.54, 1.807) is 13.2 Å². The molecule has 2 N–H and O–H groups in total. The Kier molecular flexibility index (Phi) is 2.33. The Morgan fingerprint density at radius 1 is 1.60 bits per heavy atom. The molecule has 1 rings (SSSR count). The molecule has 54 valence electrons. The monoisotopic (exact) mass is 156 g/mol. The highest BCUT2D eigenvalue weighted by Crippen LogP contribution is 2.15. The summed E-state index contributed by atoms with van der Waals surface area (Å²) in [5, 5.41) is 2.88. The Bertz CT molecular complexity index is 192. The fourth-order valence-electron chi connectivity index (χ4n) is 0.611. The van der Waals surface area contributed by atoms with Gasteiger partial charge in [-0.25, -0.2) is 9.97 Å². The second-order valence-electron chi connectivity index (χ2n) is 1.65. The maximum atomic E-state index is 3.93. The van der Waals surface area contributed by atoms with Gasteiger partial charge in [-0.1, -0.05) is 12.8 Å². The molecule has 0 unspecified atom stereocenters. The maximum Gasteiger partial charge on any atom is 0.153 e. The zero-order valence-corrected chi connectivity index (χ0v) is 6.39. The zero-order valence-electron chi connectivity index (χ0n) is 5.50. The summed E-state index contributed by atoms with van der Waals surface area (Å²) < 4.78 is 2.65. The van der Waals surface area contributed by atoms with Crippen molar-refractivity contribution in [2.75, 3.05) is 17.1 Å². The van der Waals surface area contributed by atoms with E-state index in [1.807, 2.05) is 0 Å². The van der Waals surface area contributed by atoms with E-state index in [9.17, 15) is 0 Å². The molecule has 0 saturated carbocycles. The number of anilines is 2. The van der Waals surface area contributed by atoms with Crippen LogP contribution in [0.1, 0.15) is 0 Å². The van der Waals surface area contributed by atoms with Gasteiger partial charge in [0.05, 0.1) is 6.20 Å². The van der Waals surface area contributed by atoms with Crippen LogP contribution in [0.5, 0.6) is 0 Å². The summed E-state index contributed by atoms with van der Waals surface area (Å²) in [6, 6.07) is 0. The van der Waals surface area contributed by atoms with Crippen molar-refractivity contribution in [2.24, 2.45) is 0 Å². The number of hydrogen-bond acceptors (Lipinski definition) is 5. The molecule has 1 aromatic heterocycles. The van der Waals surface area contributed by atoms with Crippen LogP contribution in [0.2, 0.25) is 0 Å². The van der Waals surface area contributed by atoms with Gasteiger partial charge < -0.3 is 10.0 Å². The highest BCUT2D eigenvalue weighted by Gasteiger charge is 1.96. The number of hydrogen-bond donors (Lipinski definition) is 3. The van der Waals surface area contributed by atoms with Crippen molar-refractivity contribution in [3.8, 4) is 0 Å². The lowest BCUT2D eigenvalue weighted by Gasteiger charge is -2.03. The summed E-state index contributed by atoms with van der Waals surface area (Å²) in [5.74, 6) is 0.741. The van der Waals surface area contributed by atoms with Crippen LogP contribution in [0.25, 0.3) is 0 Å². The third-order valence-corrected chi connectivity index (χ3v) is 1.31. The lowest BCUT2D eigenvalue weighted by atomic mass is 10.5. The normalized spacial score (nSPS) is 9.00. The van der Waals surface area contributed by atoms with Gasteiger partial charge in [-0.05, 0) is 0 Å². The van der Waals surface area contributed by atoms with E-state index in [0.29, 0.717) is 0 Å². The van der Waals surface area contributed by atoms with Crippen LogP contribution in [-0.4, -0.2) is 17.0 Å². The van der Waals surface area contributed by atoms with Gasteiger partial charge in [-0.15, -0.1) is 0 Å². The van der Waals surface area contributed by atoms with Crippen LogP contribution in [-0.2, 0) is 0 Å². The number of thiol groups is 1. The van der Waals surface area contributed by atoms with Gasteiger partial charge >= 0.3 is 0 Å². The first kappa shape index (κ1) is 7.14. The van der Waals surface area contributed by atoms with Gasteiger partial charge in [0, 0.05) is 7.05 Å². The SMILES string of the molecule is CNc1ncncc1NS. The summed E-state index contributed by atoms with van der Waals surface area (Å²) in [6.07, 6.45) is 3.12. The minimum Gasteiger partial charge on any atom is -0.371 e. The standard InChI is InChI=1S/C5H8N4S/c1-6-5-4(9-10)2-7-3-8-5/h2-3,9-10H,1H3,(H,6,7,8). The highest BCUT2D eigenvalue weighted by atomic mass is 32.1. The van der Waals surface area contributed by atoms with Crippen LogP contribution in [0.15, 0.2) is 12.5 Å². The summed E-state index contributed by atoms with van der Waals surface area (Å²) in [7, 11) is 1.79. The van der Waals surface area contributed by atoms with E-state index in [0.717, 1.165) is 11.5 Å². The predicted octanol–water partition coefficient (Wildman–Crippen LogP) is 0.775. The third-order valence-electron chi connectivity index (χ3n) is 1.07. The molecule has 0 aromatic carbocycles. The summed E-state index contributed by atoms with van der Waals surface area (Å²) >= 11 is 3.86.